The van der Waals surface area contributed by atoms with E-state index in [4.69, 9.17) is 9.15 Å². The molecule has 0 fully saturated rings. The zero-order valence-corrected chi connectivity index (χ0v) is 16.8. The SMILES string of the molecule is OC(O)(c1ncc(-c2ccccn2)o1)[C@H]1CCc2cc(Oc3ccccc3)ccc2C1. The van der Waals surface area contributed by atoms with Crippen molar-refractivity contribution in [3.05, 3.63) is 96.1 Å². The van der Waals surface area contributed by atoms with Crippen molar-refractivity contribution in [1.82, 2.24) is 9.97 Å². The first-order valence-corrected chi connectivity index (χ1v) is 10.3. The van der Waals surface area contributed by atoms with Crippen molar-refractivity contribution in [2.24, 2.45) is 5.92 Å². The number of nitrogens with zero attached hydrogens (tertiary/aromatic N) is 2. The minimum absolute atomic E-state index is 0.106. The van der Waals surface area contributed by atoms with Gasteiger partial charge < -0.3 is 19.4 Å². The lowest BCUT2D eigenvalue weighted by Crippen LogP contribution is -2.38. The molecule has 0 radical (unpaired) electrons. The molecular weight excluding hydrogens is 392 g/mol. The minimum atomic E-state index is -2.16. The lowest BCUT2D eigenvalue weighted by molar-refractivity contribution is -0.227. The van der Waals surface area contributed by atoms with Crippen LogP contribution >= 0.6 is 0 Å². The van der Waals surface area contributed by atoms with E-state index in [-0.39, 0.29) is 5.89 Å². The van der Waals surface area contributed by atoms with E-state index in [2.05, 4.69) is 9.97 Å². The molecule has 0 saturated heterocycles. The Bertz CT molecular complexity index is 1170. The molecule has 1 aliphatic carbocycles. The van der Waals surface area contributed by atoms with E-state index in [1.165, 1.54) is 6.20 Å². The highest BCUT2D eigenvalue weighted by molar-refractivity contribution is 5.50. The van der Waals surface area contributed by atoms with Crippen molar-refractivity contribution >= 4 is 0 Å². The van der Waals surface area contributed by atoms with Gasteiger partial charge in [-0.2, -0.15) is 0 Å². The van der Waals surface area contributed by atoms with Crippen LogP contribution in [0.25, 0.3) is 11.5 Å². The number of benzene rings is 2. The van der Waals surface area contributed by atoms with Gasteiger partial charge >= 0.3 is 0 Å². The molecule has 0 unspecified atom stereocenters. The minimum Gasteiger partial charge on any atom is -0.457 e. The predicted octanol–water partition coefficient (Wildman–Crippen LogP) is 4.47. The Labute approximate surface area is 179 Å². The highest BCUT2D eigenvalue weighted by Gasteiger charge is 2.42. The molecule has 2 N–H and O–H groups in total. The Kier molecular flexibility index (Phi) is 5.02. The van der Waals surface area contributed by atoms with Crippen molar-refractivity contribution in [3.63, 3.8) is 0 Å². The van der Waals surface area contributed by atoms with E-state index < -0.39 is 11.7 Å². The third kappa shape index (κ3) is 3.95. The molecule has 0 spiro atoms. The van der Waals surface area contributed by atoms with Gasteiger partial charge in [0.05, 0.1) is 6.20 Å². The van der Waals surface area contributed by atoms with Gasteiger partial charge in [0, 0.05) is 12.1 Å². The molecule has 6 heteroatoms. The van der Waals surface area contributed by atoms with Gasteiger partial charge in [-0.15, -0.1) is 0 Å². The molecule has 1 aliphatic rings. The lowest BCUT2D eigenvalue weighted by atomic mass is 9.79. The molecule has 0 bridgehead atoms. The van der Waals surface area contributed by atoms with Crippen LogP contribution in [0.4, 0.5) is 0 Å². The van der Waals surface area contributed by atoms with Crippen LogP contribution in [-0.2, 0) is 18.6 Å². The average molecular weight is 414 g/mol. The lowest BCUT2D eigenvalue weighted by Gasteiger charge is -2.32. The number of aliphatic hydroxyl groups is 2. The summed E-state index contributed by atoms with van der Waals surface area (Å²) in [4.78, 5) is 8.35. The van der Waals surface area contributed by atoms with Crippen LogP contribution in [0.15, 0.2) is 83.5 Å². The summed E-state index contributed by atoms with van der Waals surface area (Å²) in [5, 5.41) is 21.8. The maximum absolute atomic E-state index is 10.9. The maximum atomic E-state index is 10.9. The predicted molar refractivity (Wildman–Crippen MR) is 114 cm³/mol. The Morgan fingerprint density at radius 1 is 0.903 bits per heavy atom. The summed E-state index contributed by atoms with van der Waals surface area (Å²) in [6.07, 6.45) is 4.94. The number of hydrogen-bond donors (Lipinski definition) is 2. The number of fused-ring (bicyclic) bond motifs is 1. The van der Waals surface area contributed by atoms with Crippen LogP contribution in [0.3, 0.4) is 0 Å². The van der Waals surface area contributed by atoms with Crippen molar-refractivity contribution < 1.29 is 19.4 Å². The molecule has 1 atom stereocenters. The molecule has 0 aliphatic heterocycles. The Morgan fingerprint density at radius 3 is 2.55 bits per heavy atom. The van der Waals surface area contributed by atoms with Gasteiger partial charge in [-0.25, -0.2) is 4.98 Å². The van der Waals surface area contributed by atoms with Gasteiger partial charge in [-0.1, -0.05) is 30.3 Å². The summed E-state index contributed by atoms with van der Waals surface area (Å²) in [5.41, 5.74) is 2.82. The van der Waals surface area contributed by atoms with E-state index >= 15 is 0 Å². The number of hydrogen-bond acceptors (Lipinski definition) is 6. The van der Waals surface area contributed by atoms with Gasteiger partial charge in [0.15, 0.2) is 5.76 Å². The average Bonchev–Trinajstić information content (AvgIpc) is 3.31. The zero-order chi connectivity index (χ0) is 21.3. The van der Waals surface area contributed by atoms with Crippen molar-refractivity contribution in [1.29, 1.82) is 0 Å². The number of para-hydroxylation sites is 1. The first kappa shape index (κ1) is 19.5. The fraction of sp³-hybridized carbons (Fsp3) is 0.200. The molecule has 156 valence electrons. The monoisotopic (exact) mass is 414 g/mol. The fourth-order valence-corrected chi connectivity index (χ4v) is 4.01. The topological polar surface area (TPSA) is 88.6 Å². The number of pyridine rings is 1. The van der Waals surface area contributed by atoms with E-state index in [0.717, 1.165) is 22.6 Å². The molecule has 4 aromatic rings. The van der Waals surface area contributed by atoms with Crippen LogP contribution < -0.4 is 4.74 Å². The van der Waals surface area contributed by atoms with E-state index in [1.807, 2.05) is 54.6 Å². The maximum Gasteiger partial charge on any atom is 0.255 e. The largest absolute Gasteiger partial charge is 0.457 e. The zero-order valence-electron chi connectivity index (χ0n) is 16.8. The second kappa shape index (κ2) is 7.98. The number of oxazole rings is 1. The van der Waals surface area contributed by atoms with Gasteiger partial charge in [0.2, 0.25) is 5.79 Å². The summed E-state index contributed by atoms with van der Waals surface area (Å²) >= 11 is 0. The van der Waals surface area contributed by atoms with Crippen LogP contribution in [-0.4, -0.2) is 20.2 Å². The fourth-order valence-electron chi connectivity index (χ4n) is 4.01. The second-order valence-electron chi connectivity index (χ2n) is 7.76. The molecular formula is C25H22N2O4. The highest BCUT2D eigenvalue weighted by Crippen LogP contribution is 2.39. The van der Waals surface area contributed by atoms with Crippen molar-refractivity contribution in [2.45, 2.75) is 25.0 Å². The standard InChI is InChI=1S/C25H22N2O4/c28-25(29,24-27-16-23(31-24)22-8-4-5-13-26-22)19-11-9-18-15-21(12-10-17(18)14-19)30-20-6-2-1-3-7-20/h1-8,10,12-13,15-16,19,28-29H,9,11,14H2/t19-/m0/s1. The summed E-state index contributed by atoms with van der Waals surface area (Å²) < 4.78 is 11.6. The quantitative estimate of drug-likeness (QED) is 0.469. The van der Waals surface area contributed by atoms with E-state index in [0.29, 0.717) is 30.7 Å². The Morgan fingerprint density at radius 2 is 1.74 bits per heavy atom. The van der Waals surface area contributed by atoms with Crippen LogP contribution in [0.2, 0.25) is 0 Å². The summed E-state index contributed by atoms with van der Waals surface area (Å²) in [6.45, 7) is 0. The first-order valence-electron chi connectivity index (χ1n) is 10.3. The van der Waals surface area contributed by atoms with Gasteiger partial charge in [0.1, 0.15) is 17.2 Å². The molecule has 2 aromatic carbocycles. The Balaban J connectivity index is 1.33. The molecule has 5 rings (SSSR count). The third-order valence-electron chi connectivity index (χ3n) is 5.69. The number of rotatable bonds is 5. The van der Waals surface area contributed by atoms with E-state index in [1.54, 1.807) is 18.3 Å². The van der Waals surface area contributed by atoms with Crippen molar-refractivity contribution in [3.8, 4) is 23.0 Å². The number of aromatic nitrogens is 2. The summed E-state index contributed by atoms with van der Waals surface area (Å²) in [6, 6.07) is 21.0. The summed E-state index contributed by atoms with van der Waals surface area (Å²) in [7, 11) is 0. The highest BCUT2D eigenvalue weighted by atomic mass is 16.5. The van der Waals surface area contributed by atoms with Crippen LogP contribution in [0, 0.1) is 5.92 Å². The second-order valence-corrected chi connectivity index (χ2v) is 7.76. The third-order valence-corrected chi connectivity index (χ3v) is 5.69. The van der Waals surface area contributed by atoms with Crippen molar-refractivity contribution in [2.75, 3.05) is 0 Å². The molecule has 2 heterocycles. The summed E-state index contributed by atoms with van der Waals surface area (Å²) in [5.74, 6) is -0.739. The number of ether oxygens (including phenoxy) is 1. The normalized spacial score (nSPS) is 16.0. The van der Waals surface area contributed by atoms with E-state index in [9.17, 15) is 10.2 Å². The van der Waals surface area contributed by atoms with Gasteiger partial charge in [0.25, 0.3) is 5.89 Å². The smallest absolute Gasteiger partial charge is 0.255 e. The molecule has 0 amide bonds. The Hall–Kier alpha value is -3.48. The molecule has 0 saturated carbocycles. The molecule has 31 heavy (non-hydrogen) atoms. The van der Waals surface area contributed by atoms with Gasteiger partial charge in [-0.3, -0.25) is 4.98 Å². The van der Waals surface area contributed by atoms with Crippen LogP contribution in [0.5, 0.6) is 11.5 Å². The first-order chi connectivity index (χ1) is 15.1. The number of aryl methyl sites for hydroxylation is 1. The van der Waals surface area contributed by atoms with Gasteiger partial charge in [-0.05, 0) is 66.8 Å². The van der Waals surface area contributed by atoms with Crippen LogP contribution in [0.1, 0.15) is 23.4 Å². The molecule has 6 nitrogen and oxygen atoms in total. The molecule has 2 aromatic heterocycles.